The van der Waals surface area contributed by atoms with Crippen molar-refractivity contribution in [1.82, 2.24) is 10.2 Å². The normalized spacial score (nSPS) is 21.6. The Bertz CT molecular complexity index is 321. The topological polar surface area (TPSA) is 15.3 Å². The lowest BCUT2D eigenvalue weighted by molar-refractivity contribution is 0.137. The number of likely N-dealkylation sites (tertiary alicyclic amines) is 1. The molecule has 1 N–H and O–H groups in total. The predicted molar refractivity (Wildman–Crippen MR) is 80.1 cm³/mol. The summed E-state index contributed by atoms with van der Waals surface area (Å²) in [5, 5.41) is 8.10. The Hall–Kier alpha value is -0.380. The lowest BCUT2D eigenvalue weighted by atomic mass is 10.0. The number of hydrogen-bond donors (Lipinski definition) is 1. The molecule has 0 bridgehead atoms. The highest BCUT2D eigenvalue weighted by Crippen LogP contribution is 2.20. The fourth-order valence-electron chi connectivity index (χ4n) is 2.66. The average Bonchev–Trinajstić information content (AvgIpc) is 2.84. The molecule has 0 saturated carbocycles. The van der Waals surface area contributed by atoms with Crippen molar-refractivity contribution in [2.24, 2.45) is 5.92 Å². The van der Waals surface area contributed by atoms with Gasteiger partial charge in [-0.3, -0.25) is 4.90 Å². The van der Waals surface area contributed by atoms with Gasteiger partial charge in [0.2, 0.25) is 0 Å². The number of nitrogens with zero attached hydrogens (tertiary/aromatic N) is 1. The van der Waals surface area contributed by atoms with Crippen LogP contribution in [0.25, 0.3) is 0 Å². The first-order valence-electron chi connectivity index (χ1n) is 7.21. The third-order valence-corrected chi connectivity index (χ3v) is 4.38. The van der Waals surface area contributed by atoms with Crippen molar-refractivity contribution in [3.05, 3.63) is 22.4 Å². The molecule has 0 amide bonds. The highest BCUT2D eigenvalue weighted by molar-refractivity contribution is 7.07. The largest absolute Gasteiger partial charge is 0.315 e. The number of rotatable bonds is 6. The summed E-state index contributed by atoms with van der Waals surface area (Å²) in [7, 11) is 0. The molecule has 1 saturated heterocycles. The summed E-state index contributed by atoms with van der Waals surface area (Å²) < 4.78 is 0. The van der Waals surface area contributed by atoms with Crippen molar-refractivity contribution in [2.45, 2.75) is 45.7 Å². The summed E-state index contributed by atoms with van der Waals surface area (Å²) in [6, 6.07) is 3.00. The molecule has 0 aliphatic carbocycles. The Kier molecular flexibility index (Phi) is 5.67. The number of piperidine rings is 1. The summed E-state index contributed by atoms with van der Waals surface area (Å²) in [4.78, 5) is 2.67. The molecule has 102 valence electrons. The van der Waals surface area contributed by atoms with Gasteiger partial charge in [-0.05, 0) is 54.2 Å². The Morgan fingerprint density at radius 3 is 3.06 bits per heavy atom. The monoisotopic (exact) mass is 266 g/mol. The van der Waals surface area contributed by atoms with Crippen LogP contribution in [0, 0.1) is 5.92 Å². The highest BCUT2D eigenvalue weighted by atomic mass is 32.1. The van der Waals surface area contributed by atoms with Crippen molar-refractivity contribution in [3.8, 4) is 0 Å². The molecule has 1 aliphatic heterocycles. The van der Waals surface area contributed by atoms with E-state index in [1.165, 1.54) is 31.4 Å². The van der Waals surface area contributed by atoms with Gasteiger partial charge in [0.05, 0.1) is 0 Å². The molecule has 1 fully saturated rings. The van der Waals surface area contributed by atoms with Gasteiger partial charge < -0.3 is 5.32 Å². The van der Waals surface area contributed by atoms with Crippen molar-refractivity contribution in [1.29, 1.82) is 0 Å². The number of hydrogen-bond acceptors (Lipinski definition) is 3. The van der Waals surface area contributed by atoms with Gasteiger partial charge in [0.25, 0.3) is 0 Å². The zero-order chi connectivity index (χ0) is 12.8. The van der Waals surface area contributed by atoms with Gasteiger partial charge in [0, 0.05) is 19.1 Å². The maximum Gasteiger partial charge on any atom is 0.0245 e. The number of thiophene rings is 1. The summed E-state index contributed by atoms with van der Waals surface area (Å²) in [5.41, 5.74) is 1.48. The Balaban J connectivity index is 1.81. The van der Waals surface area contributed by atoms with Gasteiger partial charge in [-0.1, -0.05) is 20.3 Å². The van der Waals surface area contributed by atoms with E-state index in [2.05, 4.69) is 40.9 Å². The van der Waals surface area contributed by atoms with E-state index in [1.807, 2.05) is 11.3 Å². The summed E-state index contributed by atoms with van der Waals surface area (Å²) in [6.45, 7) is 9.25. The molecule has 2 rings (SSSR count). The van der Waals surface area contributed by atoms with Crippen LogP contribution in [-0.4, -0.2) is 30.6 Å². The minimum atomic E-state index is 0.734. The first-order chi connectivity index (χ1) is 8.75. The van der Waals surface area contributed by atoms with E-state index in [9.17, 15) is 0 Å². The van der Waals surface area contributed by atoms with E-state index >= 15 is 0 Å². The van der Waals surface area contributed by atoms with E-state index < -0.39 is 0 Å². The molecular weight excluding hydrogens is 240 g/mol. The molecule has 1 aliphatic rings. The first kappa shape index (κ1) is 14.0. The SMILES string of the molecule is CC(C)CNCC1CCCCN1Cc1ccsc1. The van der Waals surface area contributed by atoms with Crippen LogP contribution in [0.3, 0.4) is 0 Å². The van der Waals surface area contributed by atoms with Gasteiger partial charge in [0.15, 0.2) is 0 Å². The zero-order valence-electron chi connectivity index (χ0n) is 11.7. The molecule has 1 atom stereocenters. The minimum absolute atomic E-state index is 0.734. The standard InChI is InChI=1S/C15H26N2S/c1-13(2)9-16-10-15-5-3-4-7-17(15)11-14-6-8-18-12-14/h6,8,12-13,15-16H,3-5,7,9-11H2,1-2H3. The molecule has 3 heteroatoms. The molecular formula is C15H26N2S. The van der Waals surface area contributed by atoms with Crippen LogP contribution in [0.2, 0.25) is 0 Å². The van der Waals surface area contributed by atoms with Gasteiger partial charge in [0.1, 0.15) is 0 Å². The molecule has 1 aromatic heterocycles. The van der Waals surface area contributed by atoms with Gasteiger partial charge in [-0.15, -0.1) is 0 Å². The van der Waals surface area contributed by atoms with E-state index in [0.717, 1.165) is 31.6 Å². The van der Waals surface area contributed by atoms with Crippen molar-refractivity contribution >= 4 is 11.3 Å². The Morgan fingerprint density at radius 2 is 2.33 bits per heavy atom. The Labute approximate surface area is 115 Å². The van der Waals surface area contributed by atoms with Gasteiger partial charge in [-0.2, -0.15) is 11.3 Å². The third kappa shape index (κ3) is 4.38. The molecule has 2 heterocycles. The fourth-order valence-corrected chi connectivity index (χ4v) is 3.31. The molecule has 18 heavy (non-hydrogen) atoms. The second kappa shape index (κ2) is 7.27. The molecule has 2 nitrogen and oxygen atoms in total. The molecule has 1 unspecified atom stereocenters. The first-order valence-corrected chi connectivity index (χ1v) is 8.16. The van der Waals surface area contributed by atoms with Crippen LogP contribution in [0.1, 0.15) is 38.7 Å². The van der Waals surface area contributed by atoms with Crippen LogP contribution in [0.5, 0.6) is 0 Å². The lowest BCUT2D eigenvalue weighted by Crippen LogP contribution is -2.45. The van der Waals surface area contributed by atoms with E-state index in [0.29, 0.717) is 0 Å². The molecule has 0 radical (unpaired) electrons. The van der Waals surface area contributed by atoms with Crippen LogP contribution in [0.15, 0.2) is 16.8 Å². The second-order valence-corrected chi connectivity index (χ2v) is 6.58. The van der Waals surface area contributed by atoms with Gasteiger partial charge >= 0.3 is 0 Å². The fraction of sp³-hybridized carbons (Fsp3) is 0.733. The quantitative estimate of drug-likeness (QED) is 0.849. The third-order valence-electron chi connectivity index (χ3n) is 3.65. The van der Waals surface area contributed by atoms with E-state index in [4.69, 9.17) is 0 Å². The van der Waals surface area contributed by atoms with Crippen molar-refractivity contribution < 1.29 is 0 Å². The summed E-state index contributed by atoms with van der Waals surface area (Å²) in [6.07, 6.45) is 4.12. The van der Waals surface area contributed by atoms with Crippen LogP contribution in [-0.2, 0) is 6.54 Å². The highest BCUT2D eigenvalue weighted by Gasteiger charge is 2.22. The average molecular weight is 266 g/mol. The van der Waals surface area contributed by atoms with Gasteiger partial charge in [-0.25, -0.2) is 0 Å². The molecule has 0 spiro atoms. The van der Waals surface area contributed by atoms with E-state index in [-0.39, 0.29) is 0 Å². The molecule has 0 aromatic carbocycles. The number of nitrogens with one attached hydrogen (secondary N) is 1. The second-order valence-electron chi connectivity index (χ2n) is 5.80. The summed E-state index contributed by atoms with van der Waals surface area (Å²) >= 11 is 1.81. The molecule has 1 aromatic rings. The summed E-state index contributed by atoms with van der Waals surface area (Å²) in [5.74, 6) is 0.749. The smallest absolute Gasteiger partial charge is 0.0245 e. The lowest BCUT2D eigenvalue weighted by Gasteiger charge is -2.36. The van der Waals surface area contributed by atoms with Crippen molar-refractivity contribution in [2.75, 3.05) is 19.6 Å². The van der Waals surface area contributed by atoms with Crippen LogP contribution < -0.4 is 5.32 Å². The predicted octanol–water partition coefficient (Wildman–Crippen LogP) is 3.35. The minimum Gasteiger partial charge on any atom is -0.315 e. The van der Waals surface area contributed by atoms with E-state index in [1.54, 1.807) is 0 Å². The van der Waals surface area contributed by atoms with Crippen molar-refractivity contribution in [3.63, 3.8) is 0 Å². The maximum absolute atomic E-state index is 3.63. The Morgan fingerprint density at radius 1 is 1.44 bits per heavy atom. The van der Waals surface area contributed by atoms with Crippen LogP contribution >= 0.6 is 11.3 Å². The zero-order valence-corrected chi connectivity index (χ0v) is 12.5. The van der Waals surface area contributed by atoms with Crippen LogP contribution in [0.4, 0.5) is 0 Å². The maximum atomic E-state index is 3.63.